The number of morpholine rings is 1. The highest BCUT2D eigenvalue weighted by molar-refractivity contribution is 6.05. The number of carbonyl (C=O) groups excluding carboxylic acids is 3. The summed E-state index contributed by atoms with van der Waals surface area (Å²) < 4.78 is 66.9. The smallest absolute Gasteiger partial charge is 0.255 e. The van der Waals surface area contributed by atoms with Crippen molar-refractivity contribution in [3.05, 3.63) is 64.5 Å². The molecule has 0 unspecified atom stereocenters. The molecule has 8 nitrogen and oxygen atoms in total. The standard InChI is InChI=1S/C25H26FN3O5/c26-20-12-16(13-28-8-10-33-11-9-28)4-5-17(20)15-34-22-3-1-2-18-19(22)14-29(25(18)32)21-6-7-23(30)27-24(21)31/h1-5,12,21H,6-11,13-15H2,(H,27,30,31)/t21-/m1/s1/i6D2,7D2,21D. The summed E-state index contributed by atoms with van der Waals surface area (Å²) in [7, 11) is 0. The van der Waals surface area contributed by atoms with Gasteiger partial charge in [0.2, 0.25) is 11.8 Å². The average molecular weight is 473 g/mol. The molecule has 5 rings (SSSR count). The summed E-state index contributed by atoms with van der Waals surface area (Å²) in [5.41, 5.74) is 1.34. The lowest BCUT2D eigenvalue weighted by molar-refractivity contribution is -0.136. The number of amides is 3. The second-order valence-electron chi connectivity index (χ2n) is 8.16. The van der Waals surface area contributed by atoms with Crippen molar-refractivity contribution in [2.24, 2.45) is 0 Å². The molecule has 34 heavy (non-hydrogen) atoms. The Kier molecular flexibility index (Phi) is 4.81. The minimum Gasteiger partial charge on any atom is -0.488 e. The molecule has 0 aromatic heterocycles. The molecule has 178 valence electrons. The van der Waals surface area contributed by atoms with Crippen molar-refractivity contribution < 1.29 is 35.1 Å². The average Bonchev–Trinajstić information content (AvgIpc) is 3.24. The Bertz CT molecular complexity index is 1350. The molecule has 2 aromatic carbocycles. The van der Waals surface area contributed by atoms with Gasteiger partial charge in [0.15, 0.2) is 0 Å². The molecule has 3 heterocycles. The van der Waals surface area contributed by atoms with Crippen molar-refractivity contribution in [1.82, 2.24) is 15.1 Å². The Morgan fingerprint density at radius 1 is 1.21 bits per heavy atom. The van der Waals surface area contributed by atoms with Crippen LogP contribution in [-0.4, -0.2) is 59.8 Å². The van der Waals surface area contributed by atoms with E-state index in [0.717, 1.165) is 18.7 Å². The maximum Gasteiger partial charge on any atom is 0.255 e. The van der Waals surface area contributed by atoms with E-state index < -0.39 is 48.8 Å². The lowest BCUT2D eigenvalue weighted by Crippen LogP contribution is -2.52. The SMILES string of the molecule is [2H]C1([2H])C(=O)NC(=O)[C@]([2H])(N2Cc3c(OCc4ccc(CN5CCOCC5)cc4F)cccc3C2=O)C1([2H])[2H]. The molecule has 3 amide bonds. The molecule has 9 heteroatoms. The molecule has 0 saturated carbocycles. The first-order valence-electron chi connectivity index (χ1n) is 13.4. The van der Waals surface area contributed by atoms with Crippen LogP contribution >= 0.6 is 0 Å². The third-order valence-corrected chi connectivity index (χ3v) is 5.94. The molecule has 2 saturated heterocycles. The van der Waals surface area contributed by atoms with Crippen LogP contribution in [0, 0.1) is 5.82 Å². The quantitative estimate of drug-likeness (QED) is 0.647. The van der Waals surface area contributed by atoms with E-state index in [9.17, 15) is 18.8 Å². The topological polar surface area (TPSA) is 88.2 Å². The zero-order chi connectivity index (χ0) is 28.2. The summed E-state index contributed by atoms with van der Waals surface area (Å²) in [6.07, 6.45) is -6.63. The number of rotatable bonds is 6. The number of nitrogens with one attached hydrogen (secondary N) is 1. The van der Waals surface area contributed by atoms with E-state index in [2.05, 4.69) is 4.90 Å². The zero-order valence-electron chi connectivity index (χ0n) is 23.2. The number of imide groups is 1. The van der Waals surface area contributed by atoms with Gasteiger partial charge in [-0.15, -0.1) is 0 Å². The van der Waals surface area contributed by atoms with Crippen molar-refractivity contribution in [3.8, 4) is 5.75 Å². The lowest BCUT2D eigenvalue weighted by Gasteiger charge is -2.29. The van der Waals surface area contributed by atoms with E-state index in [-0.39, 0.29) is 29.0 Å². The summed E-state index contributed by atoms with van der Waals surface area (Å²) in [6.45, 7) is 2.76. The molecule has 1 N–H and O–H groups in total. The maximum atomic E-state index is 14.9. The van der Waals surface area contributed by atoms with Crippen molar-refractivity contribution in [1.29, 1.82) is 0 Å². The minimum atomic E-state index is -3.37. The molecule has 2 fully saturated rings. The highest BCUT2D eigenvalue weighted by Gasteiger charge is 2.40. The summed E-state index contributed by atoms with van der Waals surface area (Å²) in [5.74, 6) is -4.16. The molecule has 3 aliphatic heterocycles. The molecule has 0 aliphatic carbocycles. The Labute approximate surface area is 203 Å². The second-order valence-corrected chi connectivity index (χ2v) is 8.16. The van der Waals surface area contributed by atoms with E-state index in [1.54, 1.807) is 17.4 Å². The highest BCUT2D eigenvalue weighted by atomic mass is 19.1. The van der Waals surface area contributed by atoms with Crippen LogP contribution < -0.4 is 10.1 Å². The molecule has 0 radical (unpaired) electrons. The largest absolute Gasteiger partial charge is 0.488 e. The Morgan fingerprint density at radius 2 is 2.03 bits per heavy atom. The lowest BCUT2D eigenvalue weighted by atomic mass is 10.0. The molecular formula is C25H26FN3O5. The van der Waals surface area contributed by atoms with Crippen LogP contribution in [0.3, 0.4) is 0 Å². The van der Waals surface area contributed by atoms with Gasteiger partial charge in [0.1, 0.15) is 24.2 Å². The first kappa shape index (κ1) is 17.2. The zero-order valence-corrected chi connectivity index (χ0v) is 18.2. The maximum absolute atomic E-state index is 14.9. The number of fused-ring (bicyclic) bond motifs is 1. The van der Waals surface area contributed by atoms with E-state index in [4.69, 9.17) is 16.3 Å². The Morgan fingerprint density at radius 3 is 2.82 bits per heavy atom. The second kappa shape index (κ2) is 9.52. The van der Waals surface area contributed by atoms with E-state index in [1.165, 1.54) is 24.3 Å². The number of nitrogens with zero attached hydrogens (tertiary/aromatic N) is 2. The van der Waals surface area contributed by atoms with E-state index in [1.807, 2.05) is 0 Å². The molecule has 0 spiro atoms. The number of benzene rings is 2. The predicted octanol–water partition coefficient (Wildman–Crippen LogP) is 2.00. The molecule has 2 aromatic rings. The van der Waals surface area contributed by atoms with Crippen molar-refractivity contribution >= 4 is 17.7 Å². The van der Waals surface area contributed by atoms with E-state index in [0.29, 0.717) is 24.7 Å². The van der Waals surface area contributed by atoms with Crippen LogP contribution in [0.4, 0.5) is 4.39 Å². The van der Waals surface area contributed by atoms with Crippen LogP contribution in [0.25, 0.3) is 0 Å². The first-order chi connectivity index (χ1) is 18.4. The summed E-state index contributed by atoms with van der Waals surface area (Å²) in [4.78, 5) is 40.7. The Balaban J connectivity index is 1.35. The van der Waals surface area contributed by atoms with Gasteiger partial charge in [-0.05, 0) is 30.1 Å². The van der Waals surface area contributed by atoms with Gasteiger partial charge in [-0.25, -0.2) is 4.39 Å². The third kappa shape index (κ3) is 4.53. The minimum absolute atomic E-state index is 0.0292. The fraction of sp³-hybridized carbons (Fsp3) is 0.400. The van der Waals surface area contributed by atoms with Crippen LogP contribution in [0.5, 0.6) is 5.75 Å². The van der Waals surface area contributed by atoms with Crippen LogP contribution in [0.2, 0.25) is 0 Å². The van der Waals surface area contributed by atoms with Gasteiger partial charge in [-0.1, -0.05) is 18.2 Å². The van der Waals surface area contributed by atoms with Crippen molar-refractivity contribution in [2.75, 3.05) is 26.3 Å². The normalized spacial score (nSPS) is 28.2. The number of halogens is 1. The molecule has 3 aliphatic rings. The van der Waals surface area contributed by atoms with E-state index >= 15 is 0 Å². The number of hydrogen-bond donors (Lipinski definition) is 1. The van der Waals surface area contributed by atoms with Gasteiger partial charge in [-0.3, -0.25) is 24.6 Å². The Hall–Kier alpha value is -3.30. The van der Waals surface area contributed by atoms with Crippen LogP contribution in [0.1, 0.15) is 46.6 Å². The first-order valence-corrected chi connectivity index (χ1v) is 10.9. The summed E-state index contributed by atoms with van der Waals surface area (Å²) in [5, 5.41) is 1.68. The number of hydrogen-bond acceptors (Lipinski definition) is 6. The van der Waals surface area contributed by atoms with Gasteiger partial charge in [0.25, 0.3) is 5.91 Å². The summed E-state index contributed by atoms with van der Waals surface area (Å²) in [6, 6.07) is 6.20. The summed E-state index contributed by atoms with van der Waals surface area (Å²) >= 11 is 0. The molecule has 0 bridgehead atoms. The number of carbonyl (C=O) groups is 3. The van der Waals surface area contributed by atoms with Gasteiger partial charge in [-0.2, -0.15) is 0 Å². The number of piperidine rings is 1. The van der Waals surface area contributed by atoms with Crippen LogP contribution in [-0.2, 0) is 34.0 Å². The van der Waals surface area contributed by atoms with Crippen molar-refractivity contribution in [3.63, 3.8) is 0 Å². The third-order valence-electron chi connectivity index (χ3n) is 5.94. The van der Waals surface area contributed by atoms with Gasteiger partial charge < -0.3 is 14.4 Å². The van der Waals surface area contributed by atoms with Crippen LogP contribution in [0.15, 0.2) is 36.4 Å². The van der Waals surface area contributed by atoms with Gasteiger partial charge in [0.05, 0.1) is 21.1 Å². The fourth-order valence-corrected chi connectivity index (χ4v) is 4.16. The van der Waals surface area contributed by atoms with Gasteiger partial charge >= 0.3 is 0 Å². The number of ether oxygens (including phenoxy) is 2. The van der Waals surface area contributed by atoms with Crippen molar-refractivity contribution in [2.45, 2.75) is 38.5 Å². The van der Waals surface area contributed by atoms with Gasteiger partial charge in [0, 0.05) is 48.2 Å². The molecule has 1 atom stereocenters. The highest BCUT2D eigenvalue weighted by Crippen LogP contribution is 2.34. The fourth-order valence-electron chi connectivity index (χ4n) is 4.16. The monoisotopic (exact) mass is 472 g/mol. The molecular weight excluding hydrogens is 441 g/mol. The predicted molar refractivity (Wildman–Crippen MR) is 119 cm³/mol.